The monoisotopic (exact) mass is 488 g/mol. The van der Waals surface area contributed by atoms with Crippen molar-refractivity contribution >= 4 is 33.5 Å². The first-order valence-electron chi connectivity index (χ1n) is 10.9. The van der Waals surface area contributed by atoms with Crippen molar-refractivity contribution in [2.75, 3.05) is 18.4 Å². The summed E-state index contributed by atoms with van der Waals surface area (Å²) in [6.07, 6.45) is 2.73. The van der Waals surface area contributed by atoms with Crippen LogP contribution >= 0.6 is 15.9 Å². The fraction of sp³-hybridized carbons (Fsp3) is 0.522. The summed E-state index contributed by atoms with van der Waals surface area (Å²) in [6.45, 7) is 8.08. The molecular formula is C23H29BrN4O3. The minimum absolute atomic E-state index is 0.0806. The van der Waals surface area contributed by atoms with E-state index in [4.69, 9.17) is 4.74 Å². The van der Waals surface area contributed by atoms with Gasteiger partial charge in [0.15, 0.2) is 5.69 Å². The van der Waals surface area contributed by atoms with Gasteiger partial charge in [-0.05, 0) is 70.3 Å². The predicted molar refractivity (Wildman–Crippen MR) is 122 cm³/mol. The number of hydrogen-bond donors (Lipinski definition) is 1. The number of aryl methyl sites for hydroxylation is 1. The minimum atomic E-state index is -0.207. The molecule has 1 amide bonds. The second kappa shape index (κ2) is 9.12. The minimum Gasteiger partial charge on any atom is -0.463 e. The van der Waals surface area contributed by atoms with E-state index in [-0.39, 0.29) is 29.9 Å². The molecule has 1 aromatic carbocycles. The van der Waals surface area contributed by atoms with E-state index in [0.717, 1.165) is 53.8 Å². The highest BCUT2D eigenvalue weighted by molar-refractivity contribution is 9.10. The quantitative estimate of drug-likeness (QED) is 0.634. The molecule has 0 bridgehead atoms. The summed E-state index contributed by atoms with van der Waals surface area (Å²) < 4.78 is 8.32. The van der Waals surface area contributed by atoms with Gasteiger partial charge in [-0.25, -0.2) is 0 Å². The average molecular weight is 489 g/mol. The van der Waals surface area contributed by atoms with Crippen molar-refractivity contribution in [3.8, 4) is 0 Å². The van der Waals surface area contributed by atoms with E-state index in [2.05, 4.69) is 31.2 Å². The number of aromatic nitrogens is 2. The molecule has 2 atom stereocenters. The van der Waals surface area contributed by atoms with Crippen LogP contribution in [0.2, 0.25) is 0 Å². The number of hydrogen-bond acceptors (Lipinski definition) is 5. The van der Waals surface area contributed by atoms with E-state index in [1.54, 1.807) is 0 Å². The molecule has 0 unspecified atom stereocenters. The highest BCUT2D eigenvalue weighted by Gasteiger charge is 2.37. The maximum Gasteiger partial charge on any atom is 0.310 e. The molecule has 2 aromatic rings. The summed E-state index contributed by atoms with van der Waals surface area (Å²) >= 11 is 3.50. The molecule has 4 rings (SSSR count). The van der Waals surface area contributed by atoms with Gasteiger partial charge < -0.3 is 10.1 Å². The summed E-state index contributed by atoms with van der Waals surface area (Å²) in [5, 5.41) is 7.57. The van der Waals surface area contributed by atoms with Crippen molar-refractivity contribution in [1.82, 2.24) is 14.7 Å². The molecule has 0 radical (unpaired) electrons. The molecule has 0 spiro atoms. The lowest BCUT2D eigenvalue weighted by Gasteiger charge is -2.31. The van der Waals surface area contributed by atoms with Crippen molar-refractivity contribution in [3.63, 3.8) is 0 Å². The van der Waals surface area contributed by atoms with Gasteiger partial charge in [-0.3, -0.25) is 19.2 Å². The predicted octanol–water partition coefficient (Wildman–Crippen LogP) is 4.31. The number of anilines is 1. The normalized spacial score (nSPS) is 21.2. The van der Waals surface area contributed by atoms with E-state index in [0.29, 0.717) is 12.2 Å². The van der Waals surface area contributed by atoms with Gasteiger partial charge in [-0.2, -0.15) is 5.10 Å². The average Bonchev–Trinajstić information content (AvgIpc) is 3.38. The molecule has 1 fully saturated rings. The molecule has 2 aliphatic rings. The van der Waals surface area contributed by atoms with Crippen molar-refractivity contribution in [3.05, 3.63) is 45.7 Å². The number of halogens is 1. The molecule has 7 nitrogen and oxygen atoms in total. The van der Waals surface area contributed by atoms with Gasteiger partial charge in [0, 0.05) is 23.2 Å². The van der Waals surface area contributed by atoms with Gasteiger partial charge >= 0.3 is 5.97 Å². The zero-order valence-electron chi connectivity index (χ0n) is 18.2. The second-order valence-corrected chi connectivity index (χ2v) is 9.52. The standard InChI is InChI=1S/C23H29BrN4O3/c1-14(2)31-23(30)16-9-11-27(13-16)20-8-5-10-28-21(20)12-19(26-28)22(29)25-18-7-4-6-17(24)15(18)3/h4,6-7,12,14,16,20H,5,8-11,13H2,1-3H3,(H,25,29)/t16-,20-/m1/s1. The molecular weight excluding hydrogens is 460 g/mol. The Kier molecular flexibility index (Phi) is 6.48. The largest absolute Gasteiger partial charge is 0.463 e. The Bertz CT molecular complexity index is 987. The fourth-order valence-electron chi connectivity index (χ4n) is 4.46. The Labute approximate surface area is 191 Å². The number of fused-ring (bicyclic) bond motifs is 1. The van der Waals surface area contributed by atoms with Gasteiger partial charge in [0.2, 0.25) is 0 Å². The smallest absolute Gasteiger partial charge is 0.310 e. The Balaban J connectivity index is 1.48. The van der Waals surface area contributed by atoms with Crippen molar-refractivity contribution in [2.24, 2.45) is 5.92 Å². The number of carbonyl (C=O) groups excluding carboxylic acids is 2. The van der Waals surface area contributed by atoms with Crippen LogP contribution in [-0.4, -0.2) is 45.8 Å². The first kappa shape index (κ1) is 22.0. The van der Waals surface area contributed by atoms with Crippen LogP contribution in [0.25, 0.3) is 0 Å². The summed E-state index contributed by atoms with van der Waals surface area (Å²) in [5.74, 6) is -0.393. The van der Waals surface area contributed by atoms with E-state index >= 15 is 0 Å². The van der Waals surface area contributed by atoms with Gasteiger partial charge in [-0.1, -0.05) is 22.0 Å². The Morgan fingerprint density at radius 2 is 2.06 bits per heavy atom. The summed E-state index contributed by atoms with van der Waals surface area (Å²) in [4.78, 5) is 27.6. The number of carbonyl (C=O) groups is 2. The number of benzene rings is 1. The zero-order valence-corrected chi connectivity index (χ0v) is 19.8. The van der Waals surface area contributed by atoms with Crippen molar-refractivity contribution in [2.45, 2.75) is 58.7 Å². The van der Waals surface area contributed by atoms with Gasteiger partial charge in [0.25, 0.3) is 5.91 Å². The Morgan fingerprint density at radius 3 is 2.84 bits per heavy atom. The van der Waals surface area contributed by atoms with E-state index in [1.165, 1.54) is 0 Å². The molecule has 1 saturated heterocycles. The van der Waals surface area contributed by atoms with Crippen LogP contribution in [0.1, 0.15) is 60.9 Å². The van der Waals surface area contributed by atoms with Crippen LogP contribution in [0, 0.1) is 12.8 Å². The fourth-order valence-corrected chi connectivity index (χ4v) is 4.83. The first-order chi connectivity index (χ1) is 14.8. The third-order valence-electron chi connectivity index (χ3n) is 6.09. The number of esters is 1. The number of rotatable bonds is 5. The van der Waals surface area contributed by atoms with Crippen LogP contribution in [0.5, 0.6) is 0 Å². The number of nitrogens with zero attached hydrogens (tertiary/aromatic N) is 3. The van der Waals surface area contributed by atoms with Gasteiger partial charge in [0.05, 0.1) is 23.8 Å². The zero-order chi connectivity index (χ0) is 22.1. The molecule has 166 valence electrons. The number of amides is 1. The number of nitrogens with one attached hydrogen (secondary N) is 1. The van der Waals surface area contributed by atoms with Crippen molar-refractivity contribution in [1.29, 1.82) is 0 Å². The van der Waals surface area contributed by atoms with E-state index in [9.17, 15) is 9.59 Å². The number of ether oxygens (including phenoxy) is 1. The lowest BCUT2D eigenvalue weighted by atomic mass is 10.0. The highest BCUT2D eigenvalue weighted by Crippen LogP contribution is 2.35. The Hall–Kier alpha value is -2.19. The highest BCUT2D eigenvalue weighted by atomic mass is 79.9. The first-order valence-corrected chi connectivity index (χ1v) is 11.7. The molecule has 0 aliphatic carbocycles. The summed E-state index contributed by atoms with van der Waals surface area (Å²) in [7, 11) is 0. The molecule has 1 N–H and O–H groups in total. The molecule has 3 heterocycles. The molecule has 1 aromatic heterocycles. The van der Waals surface area contributed by atoms with Gasteiger partial charge in [0.1, 0.15) is 0 Å². The number of likely N-dealkylation sites (tertiary alicyclic amines) is 1. The van der Waals surface area contributed by atoms with Crippen LogP contribution in [0.4, 0.5) is 5.69 Å². The van der Waals surface area contributed by atoms with Crippen molar-refractivity contribution < 1.29 is 14.3 Å². The lowest BCUT2D eigenvalue weighted by molar-refractivity contribution is -0.151. The van der Waals surface area contributed by atoms with Crippen LogP contribution in [0.15, 0.2) is 28.7 Å². The van der Waals surface area contributed by atoms with Crippen LogP contribution < -0.4 is 5.32 Å². The van der Waals surface area contributed by atoms with E-state index in [1.807, 2.05) is 49.7 Å². The molecule has 31 heavy (non-hydrogen) atoms. The van der Waals surface area contributed by atoms with Gasteiger partial charge in [-0.15, -0.1) is 0 Å². The maximum atomic E-state index is 12.9. The molecule has 0 saturated carbocycles. The third-order valence-corrected chi connectivity index (χ3v) is 6.95. The summed E-state index contributed by atoms with van der Waals surface area (Å²) in [5.41, 5.74) is 3.23. The lowest BCUT2D eigenvalue weighted by Crippen LogP contribution is -2.32. The van der Waals surface area contributed by atoms with E-state index < -0.39 is 0 Å². The van der Waals surface area contributed by atoms with Crippen LogP contribution in [-0.2, 0) is 16.1 Å². The molecule has 8 heteroatoms. The summed E-state index contributed by atoms with van der Waals surface area (Å²) in [6, 6.07) is 7.82. The maximum absolute atomic E-state index is 12.9. The second-order valence-electron chi connectivity index (χ2n) is 8.67. The van der Waals surface area contributed by atoms with Crippen LogP contribution in [0.3, 0.4) is 0 Å². The topological polar surface area (TPSA) is 76.5 Å². The SMILES string of the molecule is Cc1c(Br)cccc1NC(=O)c1cc2n(n1)CCC[C@H]2N1CC[C@@H](C(=O)OC(C)C)C1. The third kappa shape index (κ3) is 4.70. The molecule has 2 aliphatic heterocycles. The Morgan fingerprint density at radius 1 is 1.26 bits per heavy atom.